The van der Waals surface area contributed by atoms with Crippen LogP contribution in [0.5, 0.6) is 0 Å². The van der Waals surface area contributed by atoms with Gasteiger partial charge in [0.2, 0.25) is 0 Å². The number of ether oxygens (including phenoxy) is 1. The highest BCUT2D eigenvalue weighted by atomic mass is 19.1. The van der Waals surface area contributed by atoms with Crippen LogP contribution in [0.1, 0.15) is 44.3 Å². The van der Waals surface area contributed by atoms with Crippen molar-refractivity contribution >= 4 is 0 Å². The van der Waals surface area contributed by atoms with Gasteiger partial charge in [0.05, 0.1) is 12.2 Å². The van der Waals surface area contributed by atoms with Crippen LogP contribution < -0.4 is 5.32 Å². The number of nitrogens with one attached hydrogen (secondary N) is 1. The van der Waals surface area contributed by atoms with Gasteiger partial charge in [0.25, 0.3) is 0 Å². The number of hydrogen-bond acceptors (Lipinski definition) is 2. The summed E-state index contributed by atoms with van der Waals surface area (Å²) in [6, 6.07) is 6.66. The first-order chi connectivity index (χ1) is 9.19. The first-order valence-corrected chi connectivity index (χ1v) is 7.24. The van der Waals surface area contributed by atoms with Crippen LogP contribution in [0.25, 0.3) is 0 Å². The van der Waals surface area contributed by atoms with E-state index in [0.717, 1.165) is 30.9 Å². The molecular weight excluding hydrogens is 241 g/mol. The highest BCUT2D eigenvalue weighted by molar-refractivity contribution is 5.19. The topological polar surface area (TPSA) is 21.3 Å². The average Bonchev–Trinajstić information content (AvgIpc) is 2.39. The van der Waals surface area contributed by atoms with Gasteiger partial charge in [-0.25, -0.2) is 4.39 Å². The van der Waals surface area contributed by atoms with E-state index in [1.54, 1.807) is 0 Å². The second kappa shape index (κ2) is 7.01. The molecule has 3 unspecified atom stereocenters. The van der Waals surface area contributed by atoms with E-state index in [1.165, 1.54) is 25.0 Å². The van der Waals surface area contributed by atoms with E-state index in [-0.39, 0.29) is 11.9 Å². The van der Waals surface area contributed by atoms with Gasteiger partial charge in [-0.1, -0.05) is 31.9 Å². The fourth-order valence-electron chi connectivity index (χ4n) is 2.84. The Hall–Kier alpha value is -0.930. The van der Waals surface area contributed by atoms with Crippen molar-refractivity contribution in [3.05, 3.63) is 35.6 Å². The van der Waals surface area contributed by atoms with Crippen molar-refractivity contribution in [3.63, 3.8) is 0 Å². The molecule has 0 bridgehead atoms. The molecule has 1 saturated carbocycles. The number of hydrogen-bond donors (Lipinski definition) is 1. The predicted octanol–water partition coefficient (Wildman–Crippen LogP) is 3.68. The lowest BCUT2D eigenvalue weighted by molar-refractivity contribution is -0.0388. The SMILES string of the molecule is CNCC(OC1CCCC(C)C1)c1ccc(F)cc1. The Morgan fingerprint density at radius 1 is 1.32 bits per heavy atom. The summed E-state index contributed by atoms with van der Waals surface area (Å²) < 4.78 is 19.2. The standard InChI is InChI=1S/C16H24FNO/c1-12-4-3-5-15(10-12)19-16(11-18-2)13-6-8-14(17)9-7-13/h6-9,12,15-16,18H,3-5,10-11H2,1-2H3. The Labute approximate surface area is 115 Å². The third kappa shape index (κ3) is 4.29. The van der Waals surface area contributed by atoms with Gasteiger partial charge in [-0.15, -0.1) is 0 Å². The Kier molecular flexibility index (Phi) is 5.34. The van der Waals surface area contributed by atoms with Gasteiger partial charge < -0.3 is 10.1 Å². The molecule has 1 aromatic rings. The lowest BCUT2D eigenvalue weighted by atomic mass is 9.88. The minimum absolute atomic E-state index is 0.0147. The molecule has 2 nitrogen and oxygen atoms in total. The molecule has 106 valence electrons. The average molecular weight is 265 g/mol. The van der Waals surface area contributed by atoms with Gasteiger partial charge >= 0.3 is 0 Å². The zero-order valence-electron chi connectivity index (χ0n) is 11.9. The summed E-state index contributed by atoms with van der Waals surface area (Å²) in [5, 5.41) is 3.16. The molecular formula is C16H24FNO. The van der Waals surface area contributed by atoms with Gasteiger partial charge in [-0.2, -0.15) is 0 Å². The fraction of sp³-hybridized carbons (Fsp3) is 0.625. The Morgan fingerprint density at radius 2 is 2.05 bits per heavy atom. The molecule has 2 rings (SSSR count). The van der Waals surface area contributed by atoms with Crippen molar-refractivity contribution in [2.24, 2.45) is 5.92 Å². The summed E-state index contributed by atoms with van der Waals surface area (Å²) in [7, 11) is 1.92. The smallest absolute Gasteiger partial charge is 0.123 e. The maximum atomic E-state index is 13.0. The van der Waals surface area contributed by atoms with Crippen molar-refractivity contribution < 1.29 is 9.13 Å². The van der Waals surface area contributed by atoms with Crippen LogP contribution in [-0.4, -0.2) is 19.7 Å². The summed E-state index contributed by atoms with van der Waals surface area (Å²) in [5.41, 5.74) is 1.05. The molecule has 0 amide bonds. The molecule has 0 spiro atoms. The molecule has 0 aromatic heterocycles. The quantitative estimate of drug-likeness (QED) is 0.877. The van der Waals surface area contributed by atoms with E-state index in [2.05, 4.69) is 12.2 Å². The van der Waals surface area contributed by atoms with E-state index >= 15 is 0 Å². The minimum atomic E-state index is -0.196. The van der Waals surface area contributed by atoms with Crippen molar-refractivity contribution in [3.8, 4) is 0 Å². The number of likely N-dealkylation sites (N-methyl/N-ethyl adjacent to an activating group) is 1. The van der Waals surface area contributed by atoms with Crippen LogP contribution in [0, 0.1) is 11.7 Å². The minimum Gasteiger partial charge on any atom is -0.369 e. The molecule has 1 aliphatic rings. The van der Waals surface area contributed by atoms with Crippen LogP contribution in [0.2, 0.25) is 0 Å². The largest absolute Gasteiger partial charge is 0.369 e. The summed E-state index contributed by atoms with van der Waals surface area (Å²) in [6.07, 6.45) is 5.20. The van der Waals surface area contributed by atoms with Crippen molar-refractivity contribution in [1.82, 2.24) is 5.32 Å². The van der Waals surface area contributed by atoms with Crippen LogP contribution >= 0.6 is 0 Å². The third-order valence-corrected chi connectivity index (χ3v) is 3.88. The Morgan fingerprint density at radius 3 is 2.68 bits per heavy atom. The van der Waals surface area contributed by atoms with Gasteiger partial charge in [-0.05, 0) is 43.5 Å². The lowest BCUT2D eigenvalue weighted by Crippen LogP contribution is -2.28. The first-order valence-electron chi connectivity index (χ1n) is 7.24. The second-order valence-corrected chi connectivity index (χ2v) is 5.63. The third-order valence-electron chi connectivity index (χ3n) is 3.88. The molecule has 19 heavy (non-hydrogen) atoms. The van der Waals surface area contributed by atoms with Gasteiger partial charge in [0.15, 0.2) is 0 Å². The van der Waals surface area contributed by atoms with E-state index in [0.29, 0.717) is 6.10 Å². The van der Waals surface area contributed by atoms with Crippen LogP contribution in [-0.2, 0) is 4.74 Å². The molecule has 3 heteroatoms. The predicted molar refractivity (Wildman–Crippen MR) is 75.6 cm³/mol. The maximum absolute atomic E-state index is 13.0. The number of benzene rings is 1. The molecule has 1 aliphatic carbocycles. The van der Waals surface area contributed by atoms with E-state index in [4.69, 9.17) is 4.74 Å². The molecule has 1 N–H and O–H groups in total. The highest BCUT2D eigenvalue weighted by Gasteiger charge is 2.23. The molecule has 0 heterocycles. The van der Waals surface area contributed by atoms with Crippen LogP contribution in [0.4, 0.5) is 4.39 Å². The lowest BCUT2D eigenvalue weighted by Gasteiger charge is -2.30. The van der Waals surface area contributed by atoms with E-state index in [1.807, 2.05) is 19.2 Å². The van der Waals surface area contributed by atoms with E-state index in [9.17, 15) is 4.39 Å². The number of rotatable bonds is 5. The molecule has 0 radical (unpaired) electrons. The molecule has 0 aliphatic heterocycles. The zero-order valence-corrected chi connectivity index (χ0v) is 11.9. The Bertz CT molecular complexity index is 379. The van der Waals surface area contributed by atoms with Crippen LogP contribution in [0.3, 0.4) is 0 Å². The molecule has 0 saturated heterocycles. The monoisotopic (exact) mass is 265 g/mol. The van der Waals surface area contributed by atoms with Crippen molar-refractivity contribution in [1.29, 1.82) is 0 Å². The fourth-order valence-corrected chi connectivity index (χ4v) is 2.84. The second-order valence-electron chi connectivity index (χ2n) is 5.63. The molecule has 1 fully saturated rings. The first kappa shape index (κ1) is 14.5. The molecule has 1 aromatic carbocycles. The van der Waals surface area contributed by atoms with Gasteiger partial charge in [0.1, 0.15) is 5.82 Å². The summed E-state index contributed by atoms with van der Waals surface area (Å²) in [6.45, 7) is 3.05. The summed E-state index contributed by atoms with van der Waals surface area (Å²) in [4.78, 5) is 0. The maximum Gasteiger partial charge on any atom is 0.123 e. The van der Waals surface area contributed by atoms with Crippen molar-refractivity contribution in [2.75, 3.05) is 13.6 Å². The summed E-state index contributed by atoms with van der Waals surface area (Å²) in [5.74, 6) is 0.556. The van der Waals surface area contributed by atoms with Crippen molar-refractivity contribution in [2.45, 2.75) is 44.8 Å². The van der Waals surface area contributed by atoms with Crippen LogP contribution in [0.15, 0.2) is 24.3 Å². The number of halogens is 1. The Balaban J connectivity index is 2.01. The summed E-state index contributed by atoms with van der Waals surface area (Å²) >= 11 is 0. The van der Waals surface area contributed by atoms with E-state index < -0.39 is 0 Å². The van der Waals surface area contributed by atoms with Gasteiger partial charge in [-0.3, -0.25) is 0 Å². The molecule has 3 atom stereocenters. The normalized spacial score (nSPS) is 25.2. The highest BCUT2D eigenvalue weighted by Crippen LogP contribution is 2.30. The zero-order chi connectivity index (χ0) is 13.7. The van der Waals surface area contributed by atoms with Gasteiger partial charge in [0, 0.05) is 6.54 Å².